The van der Waals surface area contributed by atoms with E-state index >= 15 is 0 Å². The molecule has 4 heteroatoms. The molecule has 0 bridgehead atoms. The van der Waals surface area contributed by atoms with Gasteiger partial charge in [-0.2, -0.15) is 0 Å². The van der Waals surface area contributed by atoms with Crippen LogP contribution in [0.4, 0.5) is 4.39 Å². The van der Waals surface area contributed by atoms with E-state index in [0.29, 0.717) is 5.92 Å². The molecule has 0 saturated carbocycles. The van der Waals surface area contributed by atoms with Crippen molar-refractivity contribution >= 4 is 27.3 Å². The fraction of sp³-hybridized carbons (Fsp3) is 0.412. The summed E-state index contributed by atoms with van der Waals surface area (Å²) in [5.74, 6) is 0.343. The third kappa shape index (κ3) is 5.89. The summed E-state index contributed by atoms with van der Waals surface area (Å²) in [6.07, 6.45) is 3.07. The summed E-state index contributed by atoms with van der Waals surface area (Å²) in [5, 5.41) is 3.50. The molecule has 0 fully saturated rings. The van der Waals surface area contributed by atoms with Gasteiger partial charge in [-0.15, -0.1) is 11.3 Å². The fourth-order valence-electron chi connectivity index (χ4n) is 2.44. The molecule has 1 atom stereocenters. The second-order valence-corrected chi connectivity index (χ2v) is 7.86. The van der Waals surface area contributed by atoms with E-state index in [-0.39, 0.29) is 5.82 Å². The van der Waals surface area contributed by atoms with Crippen molar-refractivity contribution in [3.05, 3.63) is 56.4 Å². The van der Waals surface area contributed by atoms with Crippen LogP contribution in [0.3, 0.4) is 0 Å². The zero-order valence-electron chi connectivity index (χ0n) is 12.2. The zero-order chi connectivity index (χ0) is 15.1. The SMILES string of the molecule is CCCNCC(Cc1cccc(F)c1)Cc1ccc(Br)s1. The van der Waals surface area contributed by atoms with E-state index in [2.05, 4.69) is 40.3 Å². The highest BCUT2D eigenvalue weighted by atomic mass is 79.9. The summed E-state index contributed by atoms with van der Waals surface area (Å²) in [5.41, 5.74) is 1.08. The van der Waals surface area contributed by atoms with Crippen LogP contribution in [0.5, 0.6) is 0 Å². The van der Waals surface area contributed by atoms with Crippen LogP contribution in [0.1, 0.15) is 23.8 Å². The smallest absolute Gasteiger partial charge is 0.123 e. The van der Waals surface area contributed by atoms with E-state index in [1.807, 2.05) is 6.07 Å². The van der Waals surface area contributed by atoms with Crippen molar-refractivity contribution in [2.75, 3.05) is 13.1 Å². The molecule has 0 radical (unpaired) electrons. The second kappa shape index (κ2) is 8.66. The first-order valence-electron chi connectivity index (χ1n) is 7.36. The molecule has 2 aromatic rings. The molecule has 1 heterocycles. The van der Waals surface area contributed by atoms with Gasteiger partial charge in [-0.1, -0.05) is 19.1 Å². The molecular weight excluding hydrogens is 349 g/mol. The predicted molar refractivity (Wildman–Crippen MR) is 92.5 cm³/mol. The lowest BCUT2D eigenvalue weighted by molar-refractivity contribution is 0.472. The number of rotatable bonds is 8. The molecule has 0 aliphatic rings. The predicted octanol–water partition coefficient (Wildman–Crippen LogP) is 5.05. The third-order valence-electron chi connectivity index (χ3n) is 3.39. The van der Waals surface area contributed by atoms with Gasteiger partial charge in [0.25, 0.3) is 0 Å². The molecule has 21 heavy (non-hydrogen) atoms. The minimum absolute atomic E-state index is 0.147. The van der Waals surface area contributed by atoms with Crippen molar-refractivity contribution < 1.29 is 4.39 Å². The second-order valence-electron chi connectivity index (χ2n) is 5.31. The number of hydrogen-bond acceptors (Lipinski definition) is 2. The fourth-order valence-corrected chi connectivity index (χ4v) is 4.04. The van der Waals surface area contributed by atoms with E-state index in [1.54, 1.807) is 23.5 Å². The monoisotopic (exact) mass is 369 g/mol. The molecule has 1 unspecified atom stereocenters. The van der Waals surface area contributed by atoms with Crippen LogP contribution < -0.4 is 5.32 Å². The molecule has 1 N–H and O–H groups in total. The van der Waals surface area contributed by atoms with Gasteiger partial charge in [-0.25, -0.2) is 4.39 Å². The molecule has 0 aliphatic carbocycles. The number of benzene rings is 1. The van der Waals surface area contributed by atoms with Gasteiger partial charge in [0.1, 0.15) is 5.82 Å². The molecule has 0 saturated heterocycles. The van der Waals surface area contributed by atoms with Crippen molar-refractivity contribution in [1.82, 2.24) is 5.32 Å². The van der Waals surface area contributed by atoms with Crippen LogP contribution in [-0.4, -0.2) is 13.1 Å². The maximum absolute atomic E-state index is 13.3. The quantitative estimate of drug-likeness (QED) is 0.641. The topological polar surface area (TPSA) is 12.0 Å². The van der Waals surface area contributed by atoms with E-state index in [1.165, 1.54) is 14.7 Å². The summed E-state index contributed by atoms with van der Waals surface area (Å²) in [7, 11) is 0. The summed E-state index contributed by atoms with van der Waals surface area (Å²) >= 11 is 5.30. The Balaban J connectivity index is 2.00. The van der Waals surface area contributed by atoms with Crippen LogP contribution >= 0.6 is 27.3 Å². The van der Waals surface area contributed by atoms with Gasteiger partial charge in [0, 0.05) is 4.88 Å². The van der Waals surface area contributed by atoms with Gasteiger partial charge in [-0.3, -0.25) is 0 Å². The first-order chi connectivity index (χ1) is 10.2. The van der Waals surface area contributed by atoms with E-state index in [0.717, 1.165) is 37.9 Å². The summed E-state index contributed by atoms with van der Waals surface area (Å²) < 4.78 is 14.5. The lowest BCUT2D eigenvalue weighted by atomic mass is 9.95. The number of halogens is 2. The van der Waals surface area contributed by atoms with Gasteiger partial charge in [0.15, 0.2) is 0 Å². The average molecular weight is 370 g/mol. The minimum atomic E-state index is -0.147. The number of thiophene rings is 1. The molecule has 2 rings (SSSR count). The zero-order valence-corrected chi connectivity index (χ0v) is 14.6. The van der Waals surface area contributed by atoms with Gasteiger partial charge in [0.2, 0.25) is 0 Å². The van der Waals surface area contributed by atoms with Crippen LogP contribution in [0.2, 0.25) is 0 Å². The minimum Gasteiger partial charge on any atom is -0.316 e. The Kier molecular flexibility index (Phi) is 6.87. The first kappa shape index (κ1) is 16.7. The van der Waals surface area contributed by atoms with Crippen LogP contribution in [0.25, 0.3) is 0 Å². The Bertz CT molecular complexity index is 555. The van der Waals surface area contributed by atoms with Gasteiger partial charge >= 0.3 is 0 Å². The lowest BCUT2D eigenvalue weighted by Crippen LogP contribution is -2.26. The Morgan fingerprint density at radius 2 is 2.10 bits per heavy atom. The van der Waals surface area contributed by atoms with Crippen LogP contribution in [0, 0.1) is 11.7 Å². The molecular formula is C17H21BrFNS. The molecule has 0 amide bonds. The van der Waals surface area contributed by atoms with Crippen molar-refractivity contribution in [2.24, 2.45) is 5.92 Å². The Hall–Kier alpha value is -0.710. The van der Waals surface area contributed by atoms with Crippen molar-refractivity contribution in [3.8, 4) is 0 Å². The Morgan fingerprint density at radius 3 is 2.76 bits per heavy atom. The number of nitrogens with one attached hydrogen (secondary N) is 1. The van der Waals surface area contributed by atoms with Crippen molar-refractivity contribution in [3.63, 3.8) is 0 Å². The normalized spacial score (nSPS) is 12.5. The van der Waals surface area contributed by atoms with Crippen LogP contribution in [0.15, 0.2) is 40.2 Å². The number of hydrogen-bond donors (Lipinski definition) is 1. The van der Waals surface area contributed by atoms with Crippen molar-refractivity contribution in [1.29, 1.82) is 0 Å². The van der Waals surface area contributed by atoms with Crippen molar-refractivity contribution in [2.45, 2.75) is 26.2 Å². The standard InChI is InChI=1S/C17H21BrFNS/c1-2-8-20-12-14(11-16-6-7-17(18)21-16)9-13-4-3-5-15(19)10-13/h3-7,10,14,20H,2,8-9,11-12H2,1H3. The molecule has 1 aromatic carbocycles. The van der Waals surface area contributed by atoms with Crippen LogP contribution in [-0.2, 0) is 12.8 Å². The molecule has 0 aliphatic heterocycles. The largest absolute Gasteiger partial charge is 0.316 e. The summed E-state index contributed by atoms with van der Waals surface area (Å²) in [6.45, 7) is 4.18. The Labute approximate surface area is 138 Å². The molecule has 0 spiro atoms. The molecule has 114 valence electrons. The lowest BCUT2D eigenvalue weighted by Gasteiger charge is -2.17. The Morgan fingerprint density at radius 1 is 1.24 bits per heavy atom. The van der Waals surface area contributed by atoms with E-state index < -0.39 is 0 Å². The first-order valence-corrected chi connectivity index (χ1v) is 8.97. The highest BCUT2D eigenvalue weighted by Gasteiger charge is 2.12. The molecule has 1 nitrogen and oxygen atoms in total. The molecule has 1 aromatic heterocycles. The van der Waals surface area contributed by atoms with Gasteiger partial charge in [0.05, 0.1) is 3.79 Å². The summed E-state index contributed by atoms with van der Waals surface area (Å²) in [4.78, 5) is 1.38. The van der Waals surface area contributed by atoms with Gasteiger partial charge in [-0.05, 0) is 84.0 Å². The average Bonchev–Trinajstić information content (AvgIpc) is 2.84. The maximum atomic E-state index is 13.3. The van der Waals surface area contributed by atoms with E-state index in [4.69, 9.17) is 0 Å². The van der Waals surface area contributed by atoms with E-state index in [9.17, 15) is 4.39 Å². The summed E-state index contributed by atoms with van der Waals surface area (Å²) in [6, 6.07) is 11.2. The van der Waals surface area contributed by atoms with Gasteiger partial charge < -0.3 is 5.32 Å². The third-order valence-corrected chi connectivity index (χ3v) is 5.04. The maximum Gasteiger partial charge on any atom is 0.123 e. The highest BCUT2D eigenvalue weighted by Crippen LogP contribution is 2.25. The highest BCUT2D eigenvalue weighted by molar-refractivity contribution is 9.11.